The zero-order valence-corrected chi connectivity index (χ0v) is 19.7. The molecule has 3 aromatic rings. The molecule has 5 rings (SSSR count). The first kappa shape index (κ1) is 22.6. The Bertz CT molecular complexity index is 1200. The molecule has 2 aliphatic rings. The number of sulfonamides is 1. The normalized spacial score (nSPS) is 19.5. The predicted octanol–water partition coefficient (Wildman–Crippen LogP) is 3.93. The van der Waals surface area contributed by atoms with Crippen molar-refractivity contribution in [2.45, 2.75) is 54.3 Å². The highest BCUT2D eigenvalue weighted by Crippen LogP contribution is 2.30. The molecule has 11 heteroatoms. The van der Waals surface area contributed by atoms with Crippen molar-refractivity contribution in [2.75, 3.05) is 19.7 Å². The van der Waals surface area contributed by atoms with Crippen LogP contribution in [0.5, 0.6) is 0 Å². The van der Waals surface area contributed by atoms with Crippen molar-refractivity contribution in [3.63, 3.8) is 0 Å². The number of hydrogen-bond acceptors (Lipinski definition) is 7. The number of rotatable bonds is 8. The van der Waals surface area contributed by atoms with E-state index >= 15 is 0 Å². The van der Waals surface area contributed by atoms with Gasteiger partial charge in [0.05, 0.1) is 18.4 Å². The van der Waals surface area contributed by atoms with Gasteiger partial charge in [-0.3, -0.25) is 4.57 Å². The van der Waals surface area contributed by atoms with Gasteiger partial charge in [0.1, 0.15) is 11.6 Å². The SMILES string of the molecule is O=S(=O)(c1ccc(CSc2nnc(-c3ccc(F)cc3)n2CC2CCCO2)o1)N1CCCC1. The number of nitrogens with zero attached hydrogens (tertiary/aromatic N) is 4. The molecule has 2 aromatic heterocycles. The summed E-state index contributed by atoms with van der Waals surface area (Å²) in [4.78, 5) is 0. The summed E-state index contributed by atoms with van der Waals surface area (Å²) in [5.41, 5.74) is 0.769. The second kappa shape index (κ2) is 9.57. The highest BCUT2D eigenvalue weighted by molar-refractivity contribution is 7.98. The van der Waals surface area contributed by atoms with Crippen molar-refractivity contribution >= 4 is 21.8 Å². The summed E-state index contributed by atoms with van der Waals surface area (Å²) in [5, 5.41) is 9.35. The number of furan rings is 1. The lowest BCUT2D eigenvalue weighted by Crippen LogP contribution is -2.27. The van der Waals surface area contributed by atoms with Crippen molar-refractivity contribution in [1.29, 1.82) is 0 Å². The minimum Gasteiger partial charge on any atom is -0.447 e. The number of ether oxygens (including phenoxy) is 1. The predicted molar refractivity (Wildman–Crippen MR) is 121 cm³/mol. The van der Waals surface area contributed by atoms with Gasteiger partial charge in [0.15, 0.2) is 11.0 Å². The Morgan fingerprint density at radius 2 is 1.85 bits per heavy atom. The molecule has 0 N–H and O–H groups in total. The van der Waals surface area contributed by atoms with Crippen LogP contribution >= 0.6 is 11.8 Å². The molecule has 1 atom stereocenters. The molecule has 2 aliphatic heterocycles. The standard InChI is InChI=1S/C22H25FN4O4S2/c23-17-7-5-16(6-8-17)21-24-25-22(27(21)14-18-4-3-13-30-18)32-15-19-9-10-20(31-19)33(28,29)26-11-1-2-12-26/h5-10,18H,1-4,11-15H2. The van der Waals surface area contributed by atoms with Crippen molar-refractivity contribution in [1.82, 2.24) is 19.1 Å². The van der Waals surface area contributed by atoms with Gasteiger partial charge in [0.25, 0.3) is 10.0 Å². The second-order valence-electron chi connectivity index (χ2n) is 8.18. The Morgan fingerprint density at radius 1 is 1.06 bits per heavy atom. The molecule has 2 saturated heterocycles. The van der Waals surface area contributed by atoms with E-state index in [1.165, 1.54) is 34.3 Å². The van der Waals surface area contributed by atoms with Crippen LogP contribution in [0.3, 0.4) is 0 Å². The average molecular weight is 493 g/mol. The lowest BCUT2D eigenvalue weighted by atomic mass is 10.2. The summed E-state index contributed by atoms with van der Waals surface area (Å²) in [5.74, 6) is 1.29. The van der Waals surface area contributed by atoms with E-state index in [0.29, 0.717) is 42.1 Å². The summed E-state index contributed by atoms with van der Waals surface area (Å²) >= 11 is 1.42. The summed E-state index contributed by atoms with van der Waals surface area (Å²) in [7, 11) is -3.58. The van der Waals surface area contributed by atoms with Gasteiger partial charge in [-0.2, -0.15) is 4.31 Å². The van der Waals surface area contributed by atoms with Crippen LogP contribution in [-0.4, -0.2) is 53.3 Å². The zero-order chi connectivity index (χ0) is 22.8. The first-order chi connectivity index (χ1) is 16.0. The van der Waals surface area contributed by atoms with E-state index in [1.807, 2.05) is 4.57 Å². The third-order valence-electron chi connectivity index (χ3n) is 5.87. The molecule has 1 aromatic carbocycles. The van der Waals surface area contributed by atoms with E-state index in [9.17, 15) is 12.8 Å². The average Bonchev–Trinajstić information content (AvgIpc) is 3.61. The van der Waals surface area contributed by atoms with E-state index in [2.05, 4.69) is 10.2 Å². The smallest absolute Gasteiger partial charge is 0.276 e. The maximum Gasteiger partial charge on any atom is 0.276 e. The van der Waals surface area contributed by atoms with Gasteiger partial charge in [-0.15, -0.1) is 10.2 Å². The van der Waals surface area contributed by atoms with Crippen LogP contribution in [0.15, 0.2) is 51.1 Å². The zero-order valence-electron chi connectivity index (χ0n) is 18.0. The number of aromatic nitrogens is 3. The van der Waals surface area contributed by atoms with E-state index in [4.69, 9.17) is 9.15 Å². The fraction of sp³-hybridized carbons (Fsp3) is 0.455. The minimum atomic E-state index is -3.58. The minimum absolute atomic E-state index is 0.0205. The fourth-order valence-corrected chi connectivity index (χ4v) is 6.42. The molecule has 4 heterocycles. The Kier molecular flexibility index (Phi) is 6.55. The Hall–Kier alpha value is -2.21. The monoisotopic (exact) mass is 492 g/mol. The lowest BCUT2D eigenvalue weighted by molar-refractivity contribution is 0.0953. The van der Waals surface area contributed by atoms with E-state index < -0.39 is 10.0 Å². The van der Waals surface area contributed by atoms with Crippen LogP contribution in [0, 0.1) is 5.82 Å². The van der Waals surface area contributed by atoms with Crippen LogP contribution in [0.2, 0.25) is 0 Å². The largest absolute Gasteiger partial charge is 0.447 e. The molecular weight excluding hydrogens is 467 g/mol. The first-order valence-corrected chi connectivity index (χ1v) is 13.5. The topological polar surface area (TPSA) is 90.5 Å². The van der Waals surface area contributed by atoms with Gasteiger partial charge in [-0.1, -0.05) is 11.8 Å². The maximum atomic E-state index is 13.4. The molecular formula is C22H25FN4O4S2. The van der Waals surface area contributed by atoms with Crippen LogP contribution in [0.25, 0.3) is 11.4 Å². The summed E-state index contributed by atoms with van der Waals surface area (Å²) in [6.07, 6.45) is 3.79. The van der Waals surface area contributed by atoms with Gasteiger partial charge in [0, 0.05) is 25.3 Å². The Balaban J connectivity index is 1.35. The third-order valence-corrected chi connectivity index (χ3v) is 8.63. The summed E-state index contributed by atoms with van der Waals surface area (Å²) in [6, 6.07) is 9.38. The number of halogens is 1. The number of thioether (sulfide) groups is 1. The maximum absolute atomic E-state index is 13.4. The second-order valence-corrected chi connectivity index (χ2v) is 11.0. The van der Waals surface area contributed by atoms with E-state index in [0.717, 1.165) is 37.9 Å². The molecule has 0 bridgehead atoms. The molecule has 2 fully saturated rings. The van der Waals surface area contributed by atoms with Gasteiger partial charge in [0.2, 0.25) is 5.09 Å². The molecule has 0 spiro atoms. The third kappa shape index (κ3) is 4.86. The quantitative estimate of drug-likeness (QED) is 0.440. The van der Waals surface area contributed by atoms with Crippen molar-refractivity contribution in [3.8, 4) is 11.4 Å². The van der Waals surface area contributed by atoms with Crippen LogP contribution in [-0.2, 0) is 27.1 Å². The van der Waals surface area contributed by atoms with Crippen molar-refractivity contribution in [2.24, 2.45) is 0 Å². The number of benzene rings is 1. The lowest BCUT2D eigenvalue weighted by Gasteiger charge is -2.14. The molecule has 8 nitrogen and oxygen atoms in total. The molecule has 1 unspecified atom stereocenters. The Labute approximate surface area is 196 Å². The molecule has 0 radical (unpaired) electrons. The first-order valence-electron chi connectivity index (χ1n) is 11.0. The Morgan fingerprint density at radius 3 is 2.58 bits per heavy atom. The fourth-order valence-electron chi connectivity index (χ4n) is 4.13. The summed E-state index contributed by atoms with van der Waals surface area (Å²) < 4.78 is 53.8. The van der Waals surface area contributed by atoms with Crippen molar-refractivity contribution < 1.29 is 22.0 Å². The van der Waals surface area contributed by atoms with Gasteiger partial charge in [-0.05, 0) is 62.1 Å². The molecule has 0 amide bonds. The number of hydrogen-bond donors (Lipinski definition) is 0. The molecule has 176 valence electrons. The van der Waals surface area contributed by atoms with Crippen LogP contribution in [0.4, 0.5) is 4.39 Å². The van der Waals surface area contributed by atoms with Crippen LogP contribution < -0.4 is 0 Å². The molecule has 33 heavy (non-hydrogen) atoms. The van der Waals surface area contributed by atoms with Gasteiger partial charge >= 0.3 is 0 Å². The van der Waals surface area contributed by atoms with Crippen LogP contribution in [0.1, 0.15) is 31.4 Å². The van der Waals surface area contributed by atoms with Gasteiger partial charge < -0.3 is 9.15 Å². The summed E-state index contributed by atoms with van der Waals surface area (Å²) in [6.45, 7) is 2.40. The molecule has 0 aliphatic carbocycles. The van der Waals surface area contributed by atoms with Gasteiger partial charge in [-0.25, -0.2) is 12.8 Å². The highest BCUT2D eigenvalue weighted by Gasteiger charge is 2.30. The highest BCUT2D eigenvalue weighted by atomic mass is 32.2. The van der Waals surface area contributed by atoms with E-state index in [1.54, 1.807) is 18.2 Å². The van der Waals surface area contributed by atoms with Crippen molar-refractivity contribution in [3.05, 3.63) is 48.0 Å². The molecule has 0 saturated carbocycles. The van der Waals surface area contributed by atoms with E-state index in [-0.39, 0.29) is 17.0 Å².